The maximum absolute atomic E-state index is 12.4. The van der Waals surface area contributed by atoms with E-state index in [1.54, 1.807) is 0 Å². The second-order valence-electron chi connectivity index (χ2n) is 7.94. The van der Waals surface area contributed by atoms with E-state index in [4.69, 9.17) is 0 Å². The zero-order chi connectivity index (χ0) is 19.8. The molecular weight excluding hydrogens is 366 g/mol. The summed E-state index contributed by atoms with van der Waals surface area (Å²) in [6, 6.07) is 8.53. The third-order valence-electron chi connectivity index (χ3n) is 5.97. The van der Waals surface area contributed by atoms with Crippen molar-refractivity contribution in [2.24, 2.45) is 0 Å². The third-order valence-corrected chi connectivity index (χ3v) is 5.97. The van der Waals surface area contributed by atoms with Crippen LogP contribution in [0.3, 0.4) is 0 Å². The summed E-state index contributed by atoms with van der Waals surface area (Å²) in [5.74, 6) is 1.49. The quantitative estimate of drug-likeness (QED) is 0.692. The molecular formula is C21H25N7O. The fourth-order valence-corrected chi connectivity index (χ4v) is 4.06. The molecule has 29 heavy (non-hydrogen) atoms. The Balaban J connectivity index is 1.36. The van der Waals surface area contributed by atoms with Crippen molar-refractivity contribution in [3.8, 4) is 11.3 Å². The molecule has 1 fully saturated rings. The monoisotopic (exact) mass is 391 g/mol. The molecule has 0 bridgehead atoms. The van der Waals surface area contributed by atoms with Crippen molar-refractivity contribution in [1.29, 1.82) is 0 Å². The van der Waals surface area contributed by atoms with Gasteiger partial charge in [0, 0.05) is 30.1 Å². The highest BCUT2D eigenvalue weighted by atomic mass is 16.2. The van der Waals surface area contributed by atoms with Crippen LogP contribution in [-0.2, 0) is 17.9 Å². The number of hydrogen-bond donors (Lipinski definition) is 2. The minimum Gasteiger partial charge on any atom is -0.326 e. The van der Waals surface area contributed by atoms with Crippen LogP contribution in [0.2, 0.25) is 0 Å². The largest absolute Gasteiger partial charge is 0.326 e. The van der Waals surface area contributed by atoms with Gasteiger partial charge in [-0.25, -0.2) is 4.98 Å². The smallest absolute Gasteiger partial charge is 0.239 e. The van der Waals surface area contributed by atoms with Crippen molar-refractivity contribution < 1.29 is 4.79 Å². The van der Waals surface area contributed by atoms with Gasteiger partial charge < -0.3 is 15.2 Å². The van der Waals surface area contributed by atoms with Crippen LogP contribution in [0, 0.1) is 0 Å². The van der Waals surface area contributed by atoms with E-state index < -0.39 is 0 Å². The Kier molecular flexibility index (Phi) is 4.73. The van der Waals surface area contributed by atoms with Gasteiger partial charge in [0.2, 0.25) is 5.91 Å². The number of aromatic nitrogens is 4. The van der Waals surface area contributed by atoms with Gasteiger partial charge in [0.05, 0.1) is 30.5 Å². The number of hydrogen-bond acceptors (Lipinski definition) is 6. The van der Waals surface area contributed by atoms with E-state index >= 15 is 0 Å². The van der Waals surface area contributed by atoms with Crippen LogP contribution in [0.15, 0.2) is 30.5 Å². The maximum atomic E-state index is 12.4. The first kappa shape index (κ1) is 18.2. The highest BCUT2D eigenvalue weighted by Gasteiger charge is 2.23. The summed E-state index contributed by atoms with van der Waals surface area (Å²) < 4.78 is 2.26. The number of carbonyl (C=O) groups is 1. The molecule has 0 radical (unpaired) electrons. The average Bonchev–Trinajstić information content (AvgIpc) is 3.10. The first-order valence-electron chi connectivity index (χ1n) is 10.2. The molecule has 2 N–H and O–H groups in total. The van der Waals surface area contributed by atoms with Crippen LogP contribution < -0.4 is 10.6 Å². The van der Waals surface area contributed by atoms with Gasteiger partial charge in [0.25, 0.3) is 0 Å². The Morgan fingerprint density at radius 2 is 2.21 bits per heavy atom. The lowest BCUT2D eigenvalue weighted by molar-refractivity contribution is -0.117. The van der Waals surface area contributed by atoms with E-state index in [1.165, 1.54) is 19.3 Å². The number of benzene rings is 1. The van der Waals surface area contributed by atoms with E-state index in [9.17, 15) is 4.79 Å². The van der Waals surface area contributed by atoms with Crippen molar-refractivity contribution >= 4 is 22.6 Å². The van der Waals surface area contributed by atoms with Gasteiger partial charge >= 0.3 is 0 Å². The molecule has 1 amide bonds. The summed E-state index contributed by atoms with van der Waals surface area (Å²) in [6.45, 7) is 3.03. The lowest BCUT2D eigenvalue weighted by atomic mass is 9.92. The van der Waals surface area contributed by atoms with Gasteiger partial charge in [-0.3, -0.25) is 9.69 Å². The molecule has 0 atom stereocenters. The van der Waals surface area contributed by atoms with E-state index in [0.29, 0.717) is 18.4 Å². The Morgan fingerprint density at radius 1 is 1.31 bits per heavy atom. The normalized spacial score (nSPS) is 16.6. The number of rotatable bonds is 5. The molecule has 0 unspecified atom stereocenters. The lowest BCUT2D eigenvalue weighted by Crippen LogP contribution is -2.41. The fraction of sp³-hybridized carbons (Fsp3) is 0.429. The Labute approximate surface area is 169 Å². The number of nitrogens with one attached hydrogen (secondary N) is 2. The third kappa shape index (κ3) is 3.61. The zero-order valence-electron chi connectivity index (χ0n) is 16.6. The van der Waals surface area contributed by atoms with Crippen LogP contribution in [0.1, 0.15) is 25.1 Å². The standard InChI is InChI=1S/C21H25N7O/c1-27(16-3-2-4-16)13-21(29)24-19-10-15-9-14(5-6-17(15)25-26-19)18-11-23-20-12-22-7-8-28(18)20/h5-6,9-11,16,22H,2-4,7-8,12-13H2,1H3,(H,24,26,29). The van der Waals surface area contributed by atoms with Crippen molar-refractivity contribution in [2.45, 2.75) is 38.4 Å². The lowest BCUT2D eigenvalue weighted by Gasteiger charge is -2.34. The molecule has 2 aliphatic rings. The molecule has 3 heterocycles. The van der Waals surface area contributed by atoms with Gasteiger partial charge in [-0.2, -0.15) is 0 Å². The fourth-order valence-electron chi connectivity index (χ4n) is 4.06. The van der Waals surface area contributed by atoms with E-state index in [2.05, 4.69) is 47.4 Å². The summed E-state index contributed by atoms with van der Waals surface area (Å²) in [4.78, 5) is 19.0. The van der Waals surface area contributed by atoms with Crippen molar-refractivity contribution in [1.82, 2.24) is 30.0 Å². The molecule has 150 valence electrons. The topological polar surface area (TPSA) is 88.0 Å². The molecule has 1 aliphatic carbocycles. The average molecular weight is 391 g/mol. The van der Waals surface area contributed by atoms with Crippen LogP contribution in [-0.4, -0.2) is 56.7 Å². The highest BCUT2D eigenvalue weighted by molar-refractivity contribution is 5.93. The number of nitrogens with zero attached hydrogens (tertiary/aromatic N) is 5. The Bertz CT molecular complexity index is 1060. The summed E-state index contributed by atoms with van der Waals surface area (Å²) in [6.07, 6.45) is 5.54. The first-order chi connectivity index (χ1) is 14.2. The molecule has 1 aliphatic heterocycles. The SMILES string of the molecule is CN(CC(=O)Nc1cc2cc(-c3cnc4n3CCNC4)ccc2nn1)C1CCC1. The van der Waals surface area contributed by atoms with Crippen molar-refractivity contribution in [2.75, 3.05) is 25.5 Å². The summed E-state index contributed by atoms with van der Waals surface area (Å²) in [7, 11) is 2.00. The summed E-state index contributed by atoms with van der Waals surface area (Å²) in [5, 5.41) is 15.6. The number of amides is 1. The van der Waals surface area contributed by atoms with E-state index in [-0.39, 0.29) is 5.91 Å². The number of fused-ring (bicyclic) bond motifs is 2. The molecule has 1 aromatic carbocycles. The highest BCUT2D eigenvalue weighted by Crippen LogP contribution is 2.26. The van der Waals surface area contributed by atoms with Crippen molar-refractivity contribution in [3.63, 3.8) is 0 Å². The number of imidazole rings is 1. The second-order valence-corrected chi connectivity index (χ2v) is 7.94. The first-order valence-corrected chi connectivity index (χ1v) is 10.2. The summed E-state index contributed by atoms with van der Waals surface area (Å²) in [5.41, 5.74) is 3.00. The van der Waals surface area contributed by atoms with Gasteiger partial charge in [0.15, 0.2) is 5.82 Å². The molecule has 3 aromatic rings. The maximum Gasteiger partial charge on any atom is 0.239 e. The second kappa shape index (κ2) is 7.53. The Morgan fingerprint density at radius 3 is 3.03 bits per heavy atom. The molecule has 0 saturated heterocycles. The minimum absolute atomic E-state index is 0.0541. The van der Waals surface area contributed by atoms with Crippen LogP contribution in [0.5, 0.6) is 0 Å². The molecule has 0 spiro atoms. The number of likely N-dealkylation sites (N-methyl/N-ethyl adjacent to an activating group) is 1. The predicted molar refractivity (Wildman–Crippen MR) is 111 cm³/mol. The van der Waals surface area contributed by atoms with Gasteiger partial charge in [-0.05, 0) is 38.1 Å². The van der Waals surface area contributed by atoms with Crippen LogP contribution in [0.4, 0.5) is 5.82 Å². The predicted octanol–water partition coefficient (Wildman–Crippen LogP) is 2.02. The molecule has 8 nitrogen and oxygen atoms in total. The molecule has 1 saturated carbocycles. The Hall–Kier alpha value is -2.84. The summed E-state index contributed by atoms with van der Waals surface area (Å²) >= 11 is 0. The van der Waals surface area contributed by atoms with E-state index in [1.807, 2.05) is 25.4 Å². The van der Waals surface area contributed by atoms with Gasteiger partial charge in [-0.1, -0.05) is 12.5 Å². The van der Waals surface area contributed by atoms with E-state index in [0.717, 1.165) is 47.6 Å². The van der Waals surface area contributed by atoms with Crippen LogP contribution >= 0.6 is 0 Å². The van der Waals surface area contributed by atoms with Gasteiger partial charge in [-0.15, -0.1) is 10.2 Å². The molecule has 2 aromatic heterocycles. The number of carbonyl (C=O) groups excluding carboxylic acids is 1. The molecule has 5 rings (SSSR count). The zero-order valence-corrected chi connectivity index (χ0v) is 16.6. The minimum atomic E-state index is -0.0541. The van der Waals surface area contributed by atoms with Crippen molar-refractivity contribution in [3.05, 3.63) is 36.3 Å². The van der Waals surface area contributed by atoms with Crippen LogP contribution in [0.25, 0.3) is 22.2 Å². The van der Waals surface area contributed by atoms with Gasteiger partial charge in [0.1, 0.15) is 5.82 Å². The number of anilines is 1. The molecule has 8 heteroatoms.